The number of aromatic nitrogens is 1. The van der Waals surface area contributed by atoms with Crippen LogP contribution in [0.15, 0.2) is 35.5 Å². The first-order valence-electron chi connectivity index (χ1n) is 7.84. The van der Waals surface area contributed by atoms with E-state index in [1.807, 2.05) is 44.3 Å². The molecule has 0 spiro atoms. The van der Waals surface area contributed by atoms with Gasteiger partial charge in [-0.25, -0.2) is 9.98 Å². The lowest BCUT2D eigenvalue weighted by Gasteiger charge is -2.18. The maximum absolute atomic E-state index is 6.06. The van der Waals surface area contributed by atoms with E-state index in [1.165, 1.54) is 4.88 Å². The molecule has 1 aromatic heterocycles. The van der Waals surface area contributed by atoms with E-state index in [1.54, 1.807) is 18.4 Å². The number of rotatable bonds is 7. The highest BCUT2D eigenvalue weighted by atomic mass is 127. The highest BCUT2D eigenvalue weighted by Crippen LogP contribution is 2.19. The van der Waals surface area contributed by atoms with E-state index in [-0.39, 0.29) is 30.1 Å². The van der Waals surface area contributed by atoms with Crippen molar-refractivity contribution in [2.24, 2.45) is 4.99 Å². The molecule has 1 heterocycles. The maximum Gasteiger partial charge on any atom is 0.191 e. The Morgan fingerprint density at radius 1 is 1.40 bits per heavy atom. The van der Waals surface area contributed by atoms with E-state index < -0.39 is 0 Å². The molecule has 0 fully saturated rings. The number of hydrogen-bond acceptors (Lipinski definition) is 4. The summed E-state index contributed by atoms with van der Waals surface area (Å²) in [6, 6.07) is 7.70. The molecular formula is C17H24ClIN4OS. The molecule has 0 aliphatic rings. The fourth-order valence-corrected chi connectivity index (χ4v) is 3.11. The Hall–Kier alpha value is -0.900. The Morgan fingerprint density at radius 3 is 2.80 bits per heavy atom. The third-order valence-corrected chi connectivity index (χ3v) is 4.48. The number of guanidine groups is 1. The van der Waals surface area contributed by atoms with Crippen molar-refractivity contribution < 1.29 is 4.74 Å². The van der Waals surface area contributed by atoms with E-state index in [0.717, 1.165) is 23.1 Å². The van der Waals surface area contributed by atoms with Gasteiger partial charge in [0, 0.05) is 36.3 Å². The molecule has 2 aromatic rings. The van der Waals surface area contributed by atoms with Crippen molar-refractivity contribution in [3.63, 3.8) is 0 Å². The Bertz CT molecular complexity index is 680. The predicted octanol–water partition coefficient (Wildman–Crippen LogP) is 4.17. The average Bonchev–Trinajstić information content (AvgIpc) is 2.98. The smallest absolute Gasteiger partial charge is 0.191 e. The van der Waals surface area contributed by atoms with Crippen LogP contribution in [0.4, 0.5) is 0 Å². The zero-order chi connectivity index (χ0) is 17.4. The molecule has 25 heavy (non-hydrogen) atoms. The molecule has 0 saturated carbocycles. The van der Waals surface area contributed by atoms with Crippen LogP contribution >= 0.6 is 46.9 Å². The quantitative estimate of drug-likeness (QED) is 0.345. The van der Waals surface area contributed by atoms with Crippen LogP contribution in [0.1, 0.15) is 28.5 Å². The molecule has 138 valence electrons. The van der Waals surface area contributed by atoms with E-state index in [9.17, 15) is 0 Å². The van der Waals surface area contributed by atoms with Crippen LogP contribution in [0, 0.1) is 6.92 Å². The second kappa shape index (κ2) is 11.7. The molecule has 0 aliphatic carbocycles. The van der Waals surface area contributed by atoms with Crippen molar-refractivity contribution in [1.82, 2.24) is 15.6 Å². The van der Waals surface area contributed by atoms with Gasteiger partial charge in [0.2, 0.25) is 0 Å². The van der Waals surface area contributed by atoms with Crippen molar-refractivity contribution in [2.75, 3.05) is 20.2 Å². The van der Waals surface area contributed by atoms with Crippen LogP contribution in [0.5, 0.6) is 0 Å². The number of nitrogens with one attached hydrogen (secondary N) is 2. The second-order valence-corrected chi connectivity index (χ2v) is 6.98. The standard InChI is InChI=1S/C17H23ClN4OS.HI/c1-4-19-17(22-11-16-20-9-12(2)24-16)21-10-15(23-3)13-6-5-7-14(18)8-13;/h5-9,15H,4,10-11H2,1-3H3,(H2,19,21,22);1H. The highest BCUT2D eigenvalue weighted by Gasteiger charge is 2.11. The topological polar surface area (TPSA) is 58.5 Å². The molecule has 8 heteroatoms. The number of aryl methyl sites for hydroxylation is 1. The molecule has 0 bridgehead atoms. The van der Waals surface area contributed by atoms with Crippen LogP contribution in [0.25, 0.3) is 0 Å². The van der Waals surface area contributed by atoms with E-state index in [2.05, 4.69) is 20.6 Å². The van der Waals surface area contributed by atoms with Gasteiger partial charge >= 0.3 is 0 Å². The van der Waals surface area contributed by atoms with Crippen molar-refractivity contribution in [3.8, 4) is 0 Å². The molecule has 1 unspecified atom stereocenters. The van der Waals surface area contributed by atoms with E-state index in [4.69, 9.17) is 16.3 Å². The lowest BCUT2D eigenvalue weighted by molar-refractivity contribution is 0.106. The van der Waals surface area contributed by atoms with Crippen molar-refractivity contribution >= 4 is 52.9 Å². The van der Waals surface area contributed by atoms with Crippen LogP contribution < -0.4 is 10.6 Å². The number of aliphatic imine (C=N–C) groups is 1. The summed E-state index contributed by atoms with van der Waals surface area (Å²) in [7, 11) is 1.69. The third-order valence-electron chi connectivity index (χ3n) is 3.35. The SMILES string of the molecule is CCNC(=NCc1ncc(C)s1)NCC(OC)c1cccc(Cl)c1.I. The molecule has 0 radical (unpaired) electrons. The number of ether oxygens (including phenoxy) is 1. The summed E-state index contributed by atoms with van der Waals surface area (Å²) in [6.07, 6.45) is 1.77. The van der Waals surface area contributed by atoms with Gasteiger partial charge in [-0.05, 0) is 31.5 Å². The van der Waals surface area contributed by atoms with Crippen molar-refractivity contribution in [2.45, 2.75) is 26.5 Å². The number of halogens is 2. The van der Waals surface area contributed by atoms with E-state index >= 15 is 0 Å². The third kappa shape index (κ3) is 7.47. The number of thiazole rings is 1. The van der Waals surface area contributed by atoms with Gasteiger partial charge in [-0.2, -0.15) is 0 Å². The van der Waals surface area contributed by atoms with Crippen LogP contribution in [0.3, 0.4) is 0 Å². The first kappa shape index (κ1) is 22.1. The zero-order valence-corrected chi connectivity index (χ0v) is 18.5. The molecule has 0 aliphatic heterocycles. The predicted molar refractivity (Wildman–Crippen MR) is 116 cm³/mol. The van der Waals surface area contributed by atoms with Gasteiger partial charge in [-0.15, -0.1) is 35.3 Å². The first-order valence-corrected chi connectivity index (χ1v) is 9.03. The number of methoxy groups -OCH3 is 1. The maximum atomic E-state index is 6.06. The number of benzene rings is 1. The largest absolute Gasteiger partial charge is 0.375 e. The van der Waals surface area contributed by atoms with Gasteiger partial charge in [0.05, 0.1) is 12.6 Å². The molecule has 2 rings (SSSR count). The Kier molecular flexibility index (Phi) is 10.3. The van der Waals surface area contributed by atoms with Gasteiger partial charge in [-0.3, -0.25) is 0 Å². The second-order valence-electron chi connectivity index (χ2n) is 5.22. The van der Waals surface area contributed by atoms with Gasteiger partial charge in [0.15, 0.2) is 5.96 Å². The van der Waals surface area contributed by atoms with E-state index in [0.29, 0.717) is 18.1 Å². The normalized spacial score (nSPS) is 12.4. The summed E-state index contributed by atoms with van der Waals surface area (Å²) in [6.45, 7) is 6.03. The Balaban J connectivity index is 0.00000312. The number of nitrogens with zero attached hydrogens (tertiary/aromatic N) is 2. The van der Waals surface area contributed by atoms with Crippen LogP contribution in [0.2, 0.25) is 5.02 Å². The van der Waals surface area contributed by atoms with Gasteiger partial charge < -0.3 is 15.4 Å². The fourth-order valence-electron chi connectivity index (χ4n) is 2.20. The molecular weight excluding hydrogens is 471 g/mol. The van der Waals surface area contributed by atoms with Gasteiger partial charge in [0.25, 0.3) is 0 Å². The Morgan fingerprint density at radius 2 is 2.20 bits per heavy atom. The molecule has 1 atom stereocenters. The molecule has 1 aromatic carbocycles. The average molecular weight is 495 g/mol. The number of hydrogen-bond donors (Lipinski definition) is 2. The summed E-state index contributed by atoms with van der Waals surface area (Å²) in [5.41, 5.74) is 1.03. The van der Waals surface area contributed by atoms with Crippen LogP contribution in [-0.2, 0) is 11.3 Å². The van der Waals surface area contributed by atoms with Gasteiger partial charge in [-0.1, -0.05) is 23.7 Å². The zero-order valence-electron chi connectivity index (χ0n) is 14.6. The summed E-state index contributed by atoms with van der Waals surface area (Å²) in [5, 5.41) is 8.26. The Labute approximate surface area is 175 Å². The monoisotopic (exact) mass is 494 g/mol. The summed E-state index contributed by atoms with van der Waals surface area (Å²) in [5.74, 6) is 0.745. The minimum atomic E-state index is -0.102. The van der Waals surface area contributed by atoms with Crippen molar-refractivity contribution in [1.29, 1.82) is 0 Å². The summed E-state index contributed by atoms with van der Waals surface area (Å²) < 4.78 is 5.57. The summed E-state index contributed by atoms with van der Waals surface area (Å²) in [4.78, 5) is 10.1. The highest BCUT2D eigenvalue weighted by molar-refractivity contribution is 14.0. The van der Waals surface area contributed by atoms with Gasteiger partial charge in [0.1, 0.15) is 5.01 Å². The lowest BCUT2D eigenvalue weighted by Crippen LogP contribution is -2.39. The lowest BCUT2D eigenvalue weighted by atomic mass is 10.1. The molecule has 5 nitrogen and oxygen atoms in total. The molecule has 0 amide bonds. The van der Waals surface area contributed by atoms with Crippen molar-refractivity contribution in [3.05, 3.63) is 50.9 Å². The summed E-state index contributed by atoms with van der Waals surface area (Å²) >= 11 is 7.72. The van der Waals surface area contributed by atoms with Crippen LogP contribution in [-0.4, -0.2) is 31.1 Å². The minimum Gasteiger partial charge on any atom is -0.375 e. The fraction of sp³-hybridized carbons (Fsp3) is 0.412. The minimum absolute atomic E-state index is 0. The molecule has 2 N–H and O–H groups in total. The first-order chi connectivity index (χ1) is 11.6. The molecule has 0 saturated heterocycles.